The van der Waals surface area contributed by atoms with Gasteiger partial charge < -0.3 is 10.8 Å². The summed E-state index contributed by atoms with van der Waals surface area (Å²) in [6.07, 6.45) is 3.33. The monoisotopic (exact) mass is 305 g/mol. The fourth-order valence-electron chi connectivity index (χ4n) is 2.13. The topological polar surface area (TPSA) is 122 Å². The van der Waals surface area contributed by atoms with Crippen LogP contribution in [0.4, 0.5) is 0 Å². The summed E-state index contributed by atoms with van der Waals surface area (Å²) in [5.41, 5.74) is 6.65. The number of rotatable bonds is 4. The van der Waals surface area contributed by atoms with Crippen molar-refractivity contribution >= 4 is 27.3 Å². The highest BCUT2D eigenvalue weighted by Crippen LogP contribution is 2.23. The largest absolute Gasteiger partial charge is 0.476 e. The van der Waals surface area contributed by atoms with Crippen LogP contribution in [0.15, 0.2) is 9.72 Å². The standard InChI is InChI=1S/C10H15N3O4S2/c11-6-3-1-2-4-7(6)13-19(16,17)10-8(9(14)15)12-5-18-10/h5-7,13H,1-4,11H2,(H,14,15). The number of nitrogens with two attached hydrogens (primary N) is 1. The second-order valence-electron chi connectivity index (χ2n) is 4.47. The van der Waals surface area contributed by atoms with Gasteiger partial charge in [0.25, 0.3) is 10.0 Å². The number of aromatic carboxylic acids is 1. The molecule has 0 radical (unpaired) electrons. The molecule has 1 aliphatic carbocycles. The maximum atomic E-state index is 12.2. The molecular weight excluding hydrogens is 290 g/mol. The van der Waals surface area contributed by atoms with Crippen LogP contribution in [-0.2, 0) is 10.0 Å². The van der Waals surface area contributed by atoms with Crippen LogP contribution < -0.4 is 10.5 Å². The normalized spacial score (nSPS) is 24.3. The first-order valence-electron chi connectivity index (χ1n) is 5.86. The maximum Gasteiger partial charge on any atom is 0.356 e. The number of hydrogen-bond acceptors (Lipinski definition) is 6. The van der Waals surface area contributed by atoms with Crippen molar-refractivity contribution in [2.45, 2.75) is 42.0 Å². The summed E-state index contributed by atoms with van der Waals surface area (Å²) in [7, 11) is -3.88. The lowest BCUT2D eigenvalue weighted by molar-refractivity contribution is 0.0687. The summed E-state index contributed by atoms with van der Waals surface area (Å²) in [5.74, 6) is -1.35. The second-order valence-corrected chi connectivity index (χ2v) is 7.23. The molecule has 1 heterocycles. The van der Waals surface area contributed by atoms with E-state index < -0.39 is 21.7 Å². The predicted molar refractivity (Wildman–Crippen MR) is 69.6 cm³/mol. The van der Waals surface area contributed by atoms with E-state index in [4.69, 9.17) is 10.8 Å². The second kappa shape index (κ2) is 5.53. The summed E-state index contributed by atoms with van der Waals surface area (Å²) >= 11 is 0.791. The molecule has 2 atom stereocenters. The Morgan fingerprint density at radius 1 is 1.47 bits per heavy atom. The van der Waals surface area contributed by atoms with E-state index in [1.54, 1.807) is 0 Å². The molecule has 4 N–H and O–H groups in total. The van der Waals surface area contributed by atoms with Crippen molar-refractivity contribution in [1.82, 2.24) is 9.71 Å². The number of hydrogen-bond donors (Lipinski definition) is 3. The molecule has 2 unspecified atom stereocenters. The van der Waals surface area contributed by atoms with Crippen LogP contribution >= 0.6 is 11.3 Å². The van der Waals surface area contributed by atoms with E-state index in [1.807, 2.05) is 0 Å². The Balaban J connectivity index is 2.22. The van der Waals surface area contributed by atoms with E-state index >= 15 is 0 Å². The van der Waals surface area contributed by atoms with E-state index in [2.05, 4.69) is 9.71 Å². The third kappa shape index (κ3) is 3.11. The minimum Gasteiger partial charge on any atom is -0.476 e. The molecule has 0 spiro atoms. The highest BCUT2D eigenvalue weighted by Gasteiger charge is 2.31. The highest BCUT2D eigenvalue weighted by atomic mass is 32.2. The first kappa shape index (κ1) is 14.4. The SMILES string of the molecule is NC1CCCCC1NS(=O)(=O)c1scnc1C(=O)O. The van der Waals surface area contributed by atoms with Gasteiger partial charge >= 0.3 is 5.97 Å². The Morgan fingerprint density at radius 2 is 2.16 bits per heavy atom. The fourth-order valence-corrected chi connectivity index (χ4v) is 4.61. The van der Waals surface area contributed by atoms with Crippen LogP contribution in [0.5, 0.6) is 0 Å². The number of aromatic nitrogens is 1. The number of nitrogens with one attached hydrogen (secondary N) is 1. The van der Waals surface area contributed by atoms with Gasteiger partial charge in [-0.3, -0.25) is 0 Å². The van der Waals surface area contributed by atoms with Crippen molar-refractivity contribution < 1.29 is 18.3 Å². The van der Waals surface area contributed by atoms with Gasteiger partial charge in [-0.25, -0.2) is 22.9 Å². The summed E-state index contributed by atoms with van der Waals surface area (Å²) < 4.78 is 26.6. The fraction of sp³-hybridized carbons (Fsp3) is 0.600. The average Bonchev–Trinajstić information content (AvgIpc) is 2.82. The molecule has 0 aromatic carbocycles. The molecule has 106 valence electrons. The van der Waals surface area contributed by atoms with Gasteiger partial charge in [0, 0.05) is 12.1 Å². The van der Waals surface area contributed by atoms with Crippen molar-refractivity contribution in [2.24, 2.45) is 5.73 Å². The zero-order chi connectivity index (χ0) is 14.0. The van der Waals surface area contributed by atoms with Crippen molar-refractivity contribution in [3.05, 3.63) is 11.2 Å². The van der Waals surface area contributed by atoms with E-state index in [0.717, 1.165) is 30.6 Å². The van der Waals surface area contributed by atoms with Crippen molar-refractivity contribution in [3.63, 3.8) is 0 Å². The van der Waals surface area contributed by atoms with Crippen LogP contribution in [0.2, 0.25) is 0 Å². The molecule has 19 heavy (non-hydrogen) atoms. The van der Waals surface area contributed by atoms with Gasteiger partial charge in [0.15, 0.2) is 9.90 Å². The molecule has 0 saturated heterocycles. The lowest BCUT2D eigenvalue weighted by Crippen LogP contribution is -2.49. The van der Waals surface area contributed by atoms with E-state index in [-0.39, 0.29) is 16.3 Å². The molecular formula is C10H15N3O4S2. The van der Waals surface area contributed by atoms with Gasteiger partial charge in [0.2, 0.25) is 0 Å². The summed E-state index contributed by atoms with van der Waals surface area (Å²) in [6, 6.07) is -0.577. The molecule has 0 aliphatic heterocycles. The Bertz CT molecular complexity index is 569. The van der Waals surface area contributed by atoms with Crippen LogP contribution in [0, 0.1) is 0 Å². The van der Waals surface area contributed by atoms with Gasteiger partial charge in [-0.05, 0) is 12.8 Å². The number of nitrogens with zero attached hydrogens (tertiary/aromatic N) is 1. The molecule has 2 rings (SSSR count). The van der Waals surface area contributed by atoms with E-state index in [1.165, 1.54) is 5.51 Å². The van der Waals surface area contributed by atoms with Crippen LogP contribution in [-0.4, -0.2) is 36.6 Å². The molecule has 1 aromatic heterocycles. The van der Waals surface area contributed by atoms with E-state index in [0.29, 0.717) is 6.42 Å². The van der Waals surface area contributed by atoms with Crippen LogP contribution in [0.1, 0.15) is 36.2 Å². The van der Waals surface area contributed by atoms with Crippen molar-refractivity contribution in [1.29, 1.82) is 0 Å². The number of carboxylic acids is 1. The molecule has 1 fully saturated rings. The first-order valence-corrected chi connectivity index (χ1v) is 8.23. The van der Waals surface area contributed by atoms with Crippen LogP contribution in [0.3, 0.4) is 0 Å². The summed E-state index contributed by atoms with van der Waals surface area (Å²) in [6.45, 7) is 0. The molecule has 0 amide bonds. The smallest absolute Gasteiger partial charge is 0.356 e. The van der Waals surface area contributed by atoms with Crippen molar-refractivity contribution in [3.8, 4) is 0 Å². The van der Waals surface area contributed by atoms with Crippen molar-refractivity contribution in [2.75, 3.05) is 0 Å². The number of sulfonamides is 1. The van der Waals surface area contributed by atoms with Gasteiger partial charge in [0.05, 0.1) is 5.51 Å². The molecule has 1 aliphatic rings. The third-order valence-electron chi connectivity index (χ3n) is 3.11. The molecule has 0 bridgehead atoms. The molecule has 1 saturated carbocycles. The lowest BCUT2D eigenvalue weighted by Gasteiger charge is -2.28. The third-order valence-corrected chi connectivity index (χ3v) is 5.97. The molecule has 9 heteroatoms. The van der Waals surface area contributed by atoms with Gasteiger partial charge in [-0.15, -0.1) is 11.3 Å². The zero-order valence-electron chi connectivity index (χ0n) is 10.1. The number of carboxylic acid groups (broad SMARTS) is 1. The summed E-state index contributed by atoms with van der Waals surface area (Å²) in [4.78, 5) is 14.5. The Hall–Kier alpha value is -1.03. The lowest BCUT2D eigenvalue weighted by atomic mass is 9.92. The van der Waals surface area contributed by atoms with Crippen LogP contribution in [0.25, 0.3) is 0 Å². The van der Waals surface area contributed by atoms with Gasteiger partial charge in [0.1, 0.15) is 0 Å². The quantitative estimate of drug-likeness (QED) is 0.739. The average molecular weight is 305 g/mol. The number of carbonyl (C=O) groups is 1. The maximum absolute atomic E-state index is 12.2. The van der Waals surface area contributed by atoms with Gasteiger partial charge in [-0.2, -0.15) is 0 Å². The Morgan fingerprint density at radius 3 is 2.79 bits per heavy atom. The Labute approximate surface area is 114 Å². The van der Waals surface area contributed by atoms with Gasteiger partial charge in [-0.1, -0.05) is 12.8 Å². The highest BCUT2D eigenvalue weighted by molar-refractivity contribution is 7.91. The summed E-state index contributed by atoms with van der Waals surface area (Å²) in [5, 5.41) is 8.90. The molecule has 1 aromatic rings. The number of thiazole rings is 1. The predicted octanol–water partition coefficient (Wildman–Crippen LogP) is 0.389. The minimum absolute atomic E-state index is 0.232. The zero-order valence-corrected chi connectivity index (χ0v) is 11.7. The molecule has 7 nitrogen and oxygen atoms in total. The minimum atomic E-state index is -3.88. The van der Waals surface area contributed by atoms with E-state index in [9.17, 15) is 13.2 Å². The first-order chi connectivity index (χ1) is 8.92. The Kier molecular flexibility index (Phi) is 4.19.